The third-order valence-electron chi connectivity index (χ3n) is 4.10. The maximum absolute atomic E-state index is 6.02. The molecule has 0 saturated carbocycles. The molecule has 98 valence electrons. The molecule has 2 heteroatoms. The van der Waals surface area contributed by atoms with Crippen LogP contribution in [0.5, 0.6) is 5.75 Å². The Morgan fingerprint density at radius 2 is 2.22 bits per heavy atom. The molecule has 0 aliphatic carbocycles. The minimum Gasteiger partial charge on any atom is -0.493 e. The van der Waals surface area contributed by atoms with Gasteiger partial charge < -0.3 is 10.1 Å². The summed E-state index contributed by atoms with van der Waals surface area (Å²) in [5.41, 5.74) is 4.24. The van der Waals surface area contributed by atoms with Crippen molar-refractivity contribution in [3.05, 3.63) is 28.8 Å². The lowest BCUT2D eigenvalue weighted by atomic mass is 9.96. The summed E-state index contributed by atoms with van der Waals surface area (Å²) < 4.78 is 6.02. The van der Waals surface area contributed by atoms with Gasteiger partial charge in [0, 0.05) is 6.04 Å². The monoisotopic (exact) mass is 245 g/mol. The number of benzene rings is 1. The number of hydrogen-bond donors (Lipinski definition) is 1. The smallest absolute Gasteiger partial charge is 0.125 e. The van der Waals surface area contributed by atoms with E-state index >= 15 is 0 Å². The van der Waals surface area contributed by atoms with Gasteiger partial charge in [-0.3, -0.25) is 0 Å². The van der Waals surface area contributed by atoms with Crippen LogP contribution in [0, 0.1) is 6.92 Å². The van der Waals surface area contributed by atoms with Gasteiger partial charge in [0.1, 0.15) is 5.75 Å². The normalized spacial score (nSPS) is 23.3. The van der Waals surface area contributed by atoms with Crippen LogP contribution in [0.3, 0.4) is 0 Å². The lowest BCUT2D eigenvalue weighted by Gasteiger charge is -2.17. The number of rotatable bonds is 2. The fourth-order valence-corrected chi connectivity index (χ4v) is 3.24. The summed E-state index contributed by atoms with van der Waals surface area (Å²) in [4.78, 5) is 0. The highest BCUT2D eigenvalue weighted by atomic mass is 16.5. The SMILES string of the molecule is Cc1cc2c(c(CC3CCCN3)c1)OCCCC2. The summed E-state index contributed by atoms with van der Waals surface area (Å²) >= 11 is 0. The molecule has 0 aromatic heterocycles. The van der Waals surface area contributed by atoms with Crippen molar-refractivity contribution in [1.82, 2.24) is 5.32 Å². The average molecular weight is 245 g/mol. The lowest BCUT2D eigenvalue weighted by Crippen LogP contribution is -2.24. The molecule has 0 amide bonds. The molecule has 18 heavy (non-hydrogen) atoms. The second kappa shape index (κ2) is 5.31. The Hall–Kier alpha value is -1.02. The Bertz CT molecular complexity index is 421. The third-order valence-corrected chi connectivity index (χ3v) is 4.10. The summed E-state index contributed by atoms with van der Waals surface area (Å²) in [5, 5.41) is 3.59. The molecule has 0 spiro atoms. The highest BCUT2D eigenvalue weighted by Crippen LogP contribution is 2.31. The summed E-state index contributed by atoms with van der Waals surface area (Å²) in [6.45, 7) is 4.28. The molecule has 1 N–H and O–H groups in total. The highest BCUT2D eigenvalue weighted by Gasteiger charge is 2.19. The van der Waals surface area contributed by atoms with E-state index in [1.54, 1.807) is 0 Å². The maximum Gasteiger partial charge on any atom is 0.125 e. The van der Waals surface area contributed by atoms with Crippen LogP contribution in [0.25, 0.3) is 0 Å². The average Bonchev–Trinajstić information content (AvgIpc) is 2.73. The molecular weight excluding hydrogens is 222 g/mol. The van der Waals surface area contributed by atoms with E-state index in [1.807, 2.05) is 0 Å². The number of fused-ring (bicyclic) bond motifs is 1. The molecular formula is C16H23NO. The summed E-state index contributed by atoms with van der Waals surface area (Å²) in [6.07, 6.45) is 7.39. The first kappa shape index (κ1) is 12.0. The molecule has 1 aromatic rings. The summed E-state index contributed by atoms with van der Waals surface area (Å²) in [7, 11) is 0. The molecule has 3 rings (SSSR count). The zero-order valence-corrected chi connectivity index (χ0v) is 11.3. The third kappa shape index (κ3) is 2.54. The number of aryl methyl sites for hydroxylation is 2. The van der Waals surface area contributed by atoms with Crippen molar-refractivity contribution >= 4 is 0 Å². The number of hydrogen-bond acceptors (Lipinski definition) is 2. The van der Waals surface area contributed by atoms with Crippen LogP contribution < -0.4 is 10.1 Å². The Morgan fingerprint density at radius 1 is 1.28 bits per heavy atom. The van der Waals surface area contributed by atoms with E-state index < -0.39 is 0 Å². The van der Waals surface area contributed by atoms with Crippen molar-refractivity contribution in [2.45, 2.75) is 51.5 Å². The maximum atomic E-state index is 6.02. The number of ether oxygens (including phenoxy) is 1. The molecule has 2 nitrogen and oxygen atoms in total. The van der Waals surface area contributed by atoms with Crippen LogP contribution in [-0.2, 0) is 12.8 Å². The van der Waals surface area contributed by atoms with Gasteiger partial charge in [-0.05, 0) is 63.1 Å². The van der Waals surface area contributed by atoms with E-state index in [1.165, 1.54) is 61.1 Å². The van der Waals surface area contributed by atoms with Gasteiger partial charge in [-0.1, -0.05) is 17.7 Å². The Labute approximate surface area is 110 Å². The van der Waals surface area contributed by atoms with E-state index in [4.69, 9.17) is 4.74 Å². The zero-order chi connectivity index (χ0) is 12.4. The summed E-state index contributed by atoms with van der Waals surface area (Å²) in [5.74, 6) is 1.20. The van der Waals surface area contributed by atoms with Crippen molar-refractivity contribution in [1.29, 1.82) is 0 Å². The first-order valence-electron chi connectivity index (χ1n) is 7.31. The molecule has 2 aliphatic heterocycles. The van der Waals surface area contributed by atoms with Crippen LogP contribution >= 0.6 is 0 Å². The minimum absolute atomic E-state index is 0.655. The van der Waals surface area contributed by atoms with E-state index in [0.717, 1.165) is 13.0 Å². The van der Waals surface area contributed by atoms with Gasteiger partial charge in [-0.2, -0.15) is 0 Å². The van der Waals surface area contributed by atoms with Gasteiger partial charge in [-0.15, -0.1) is 0 Å². The van der Waals surface area contributed by atoms with E-state index in [-0.39, 0.29) is 0 Å². The van der Waals surface area contributed by atoms with Crippen molar-refractivity contribution in [3.63, 3.8) is 0 Å². The van der Waals surface area contributed by atoms with Gasteiger partial charge in [0.15, 0.2) is 0 Å². The highest BCUT2D eigenvalue weighted by molar-refractivity contribution is 5.45. The second-order valence-electron chi connectivity index (χ2n) is 5.72. The zero-order valence-electron chi connectivity index (χ0n) is 11.3. The lowest BCUT2D eigenvalue weighted by molar-refractivity contribution is 0.312. The second-order valence-corrected chi connectivity index (χ2v) is 5.72. The van der Waals surface area contributed by atoms with Crippen molar-refractivity contribution in [3.8, 4) is 5.75 Å². The van der Waals surface area contributed by atoms with Crippen molar-refractivity contribution in [2.24, 2.45) is 0 Å². The van der Waals surface area contributed by atoms with Crippen molar-refractivity contribution in [2.75, 3.05) is 13.2 Å². The molecule has 2 heterocycles. The molecule has 0 radical (unpaired) electrons. The fraction of sp³-hybridized carbons (Fsp3) is 0.625. The van der Waals surface area contributed by atoms with Gasteiger partial charge in [0.2, 0.25) is 0 Å². The van der Waals surface area contributed by atoms with Crippen LogP contribution in [-0.4, -0.2) is 19.2 Å². The topological polar surface area (TPSA) is 21.3 Å². The standard InChI is InChI=1S/C16H23NO/c1-12-9-13-5-2-3-8-18-16(13)14(10-12)11-15-6-4-7-17-15/h9-10,15,17H,2-8,11H2,1H3. The molecule has 1 aromatic carbocycles. The Morgan fingerprint density at radius 3 is 3.06 bits per heavy atom. The number of nitrogens with one attached hydrogen (secondary N) is 1. The largest absolute Gasteiger partial charge is 0.493 e. The molecule has 1 atom stereocenters. The van der Waals surface area contributed by atoms with Gasteiger partial charge in [0.05, 0.1) is 6.61 Å². The van der Waals surface area contributed by atoms with Crippen molar-refractivity contribution < 1.29 is 4.74 Å². The minimum atomic E-state index is 0.655. The Balaban J connectivity index is 1.89. The molecule has 0 bridgehead atoms. The first-order valence-corrected chi connectivity index (χ1v) is 7.31. The van der Waals surface area contributed by atoms with E-state index in [9.17, 15) is 0 Å². The quantitative estimate of drug-likeness (QED) is 0.865. The predicted molar refractivity (Wildman–Crippen MR) is 74.3 cm³/mol. The van der Waals surface area contributed by atoms with Crippen LogP contribution in [0.2, 0.25) is 0 Å². The molecule has 1 saturated heterocycles. The fourth-order valence-electron chi connectivity index (χ4n) is 3.24. The molecule has 1 fully saturated rings. The van der Waals surface area contributed by atoms with Gasteiger partial charge in [-0.25, -0.2) is 0 Å². The van der Waals surface area contributed by atoms with Crippen LogP contribution in [0.15, 0.2) is 12.1 Å². The van der Waals surface area contributed by atoms with Gasteiger partial charge >= 0.3 is 0 Å². The van der Waals surface area contributed by atoms with Crippen LogP contribution in [0.1, 0.15) is 42.4 Å². The van der Waals surface area contributed by atoms with E-state index in [0.29, 0.717) is 6.04 Å². The first-order chi connectivity index (χ1) is 8.83. The van der Waals surface area contributed by atoms with Gasteiger partial charge in [0.25, 0.3) is 0 Å². The molecule has 1 unspecified atom stereocenters. The Kier molecular flexibility index (Phi) is 3.55. The predicted octanol–water partition coefficient (Wildman–Crippen LogP) is 3.00. The molecule has 2 aliphatic rings. The van der Waals surface area contributed by atoms with E-state index in [2.05, 4.69) is 24.4 Å². The summed E-state index contributed by atoms with van der Waals surface area (Å²) in [6, 6.07) is 5.29. The van der Waals surface area contributed by atoms with Crippen LogP contribution in [0.4, 0.5) is 0 Å².